The molecule has 3 rings (SSSR count). The van der Waals surface area contributed by atoms with Crippen molar-refractivity contribution in [1.29, 1.82) is 0 Å². The van der Waals surface area contributed by atoms with Gasteiger partial charge >= 0.3 is 0 Å². The van der Waals surface area contributed by atoms with Gasteiger partial charge in [0.15, 0.2) is 0 Å². The summed E-state index contributed by atoms with van der Waals surface area (Å²) in [5.41, 5.74) is 2.57. The zero-order valence-corrected chi connectivity index (χ0v) is 14.5. The molecule has 25 heavy (non-hydrogen) atoms. The van der Waals surface area contributed by atoms with Crippen molar-refractivity contribution in [3.8, 4) is 0 Å². The quantitative estimate of drug-likeness (QED) is 0.804. The molecule has 1 aliphatic rings. The second-order valence-corrected chi connectivity index (χ2v) is 6.66. The summed E-state index contributed by atoms with van der Waals surface area (Å²) in [7, 11) is 0. The average molecular weight is 336 g/mol. The lowest BCUT2D eigenvalue weighted by Gasteiger charge is -2.17. The number of rotatable bonds is 7. The van der Waals surface area contributed by atoms with E-state index in [1.54, 1.807) is 24.3 Å². The number of carbonyl (C=O) groups is 2. The Morgan fingerprint density at radius 1 is 1.08 bits per heavy atom. The van der Waals surface area contributed by atoms with Crippen LogP contribution in [0.15, 0.2) is 54.6 Å². The Labute approximate surface area is 148 Å². The molecule has 0 aliphatic heterocycles. The lowest BCUT2D eigenvalue weighted by molar-refractivity contribution is -0.114. The van der Waals surface area contributed by atoms with Gasteiger partial charge in [-0.15, -0.1) is 0 Å². The summed E-state index contributed by atoms with van der Waals surface area (Å²) in [5.74, 6) is 1.03. The van der Waals surface area contributed by atoms with Crippen molar-refractivity contribution in [2.45, 2.75) is 32.1 Å². The molecular formula is C21H24N2O2. The van der Waals surface area contributed by atoms with Crippen LogP contribution in [0.5, 0.6) is 0 Å². The van der Waals surface area contributed by atoms with Crippen molar-refractivity contribution < 1.29 is 9.59 Å². The van der Waals surface area contributed by atoms with E-state index in [9.17, 15) is 9.59 Å². The Bertz CT molecular complexity index is 739. The van der Waals surface area contributed by atoms with E-state index in [4.69, 9.17) is 0 Å². The zero-order chi connectivity index (χ0) is 17.6. The van der Waals surface area contributed by atoms with Crippen LogP contribution in [0.3, 0.4) is 0 Å². The van der Waals surface area contributed by atoms with Crippen LogP contribution in [0.2, 0.25) is 0 Å². The molecule has 0 bridgehead atoms. The highest BCUT2D eigenvalue weighted by Crippen LogP contribution is 2.44. The molecule has 0 radical (unpaired) electrons. The highest BCUT2D eigenvalue weighted by atomic mass is 16.2. The van der Waals surface area contributed by atoms with Crippen molar-refractivity contribution >= 4 is 17.5 Å². The highest BCUT2D eigenvalue weighted by molar-refractivity contribution is 5.96. The van der Waals surface area contributed by atoms with Gasteiger partial charge in [0.1, 0.15) is 0 Å². The second kappa shape index (κ2) is 7.97. The van der Waals surface area contributed by atoms with Crippen LogP contribution in [0.25, 0.3) is 0 Å². The highest BCUT2D eigenvalue weighted by Gasteiger charge is 2.31. The van der Waals surface area contributed by atoms with Gasteiger partial charge in [0, 0.05) is 24.7 Å². The van der Waals surface area contributed by atoms with Crippen LogP contribution >= 0.6 is 0 Å². The van der Waals surface area contributed by atoms with E-state index in [2.05, 4.69) is 34.9 Å². The Morgan fingerprint density at radius 2 is 1.84 bits per heavy atom. The van der Waals surface area contributed by atoms with E-state index in [1.807, 2.05) is 6.07 Å². The monoisotopic (exact) mass is 336 g/mol. The van der Waals surface area contributed by atoms with Crippen molar-refractivity contribution in [2.75, 3.05) is 11.9 Å². The first-order valence-electron chi connectivity index (χ1n) is 8.84. The number of benzene rings is 2. The fourth-order valence-corrected chi connectivity index (χ4v) is 3.26. The molecule has 1 atom stereocenters. The minimum Gasteiger partial charge on any atom is -0.352 e. The zero-order valence-electron chi connectivity index (χ0n) is 14.5. The van der Waals surface area contributed by atoms with Gasteiger partial charge in [0.25, 0.3) is 5.91 Å². The Kier molecular flexibility index (Phi) is 5.49. The number of nitrogens with one attached hydrogen (secondary N) is 2. The maximum atomic E-state index is 12.4. The van der Waals surface area contributed by atoms with E-state index < -0.39 is 0 Å². The fourth-order valence-electron chi connectivity index (χ4n) is 3.26. The summed E-state index contributed by atoms with van der Waals surface area (Å²) in [4.78, 5) is 23.5. The molecule has 0 heterocycles. The summed E-state index contributed by atoms with van der Waals surface area (Å²) >= 11 is 0. The maximum Gasteiger partial charge on any atom is 0.251 e. The normalized spacial score (nSPS) is 14.6. The lowest BCUT2D eigenvalue weighted by atomic mass is 9.91. The summed E-state index contributed by atoms with van der Waals surface area (Å²) < 4.78 is 0. The van der Waals surface area contributed by atoms with Crippen LogP contribution in [-0.4, -0.2) is 18.4 Å². The predicted octanol–water partition coefficient (Wildman–Crippen LogP) is 3.96. The van der Waals surface area contributed by atoms with Crippen molar-refractivity contribution in [2.24, 2.45) is 5.92 Å². The van der Waals surface area contributed by atoms with Crippen LogP contribution < -0.4 is 10.6 Å². The smallest absolute Gasteiger partial charge is 0.251 e. The fraction of sp³-hybridized carbons (Fsp3) is 0.333. The molecule has 0 spiro atoms. The summed E-state index contributed by atoms with van der Waals surface area (Å²) in [6.07, 6.45) is 3.52. The molecule has 0 aromatic heterocycles. The first-order valence-corrected chi connectivity index (χ1v) is 8.84. The van der Waals surface area contributed by atoms with Gasteiger partial charge in [-0.05, 0) is 54.9 Å². The van der Waals surface area contributed by atoms with Crippen molar-refractivity contribution in [3.63, 3.8) is 0 Å². The standard InChI is InChI=1S/C21H24N2O2/c1-15(24)23-19-9-5-8-18(14-19)21(25)22-13-12-20(17-10-11-17)16-6-3-2-4-7-16/h2-9,14,17,20H,10-13H2,1H3,(H,22,25)(H,23,24). The number of hydrogen-bond donors (Lipinski definition) is 2. The van der Waals surface area contributed by atoms with Gasteiger partial charge in [0.2, 0.25) is 5.91 Å². The maximum absolute atomic E-state index is 12.4. The van der Waals surface area contributed by atoms with Crippen LogP contribution in [0, 0.1) is 5.92 Å². The van der Waals surface area contributed by atoms with Crippen molar-refractivity contribution in [3.05, 3.63) is 65.7 Å². The van der Waals surface area contributed by atoms with E-state index in [1.165, 1.54) is 25.3 Å². The molecule has 2 aromatic carbocycles. The predicted molar refractivity (Wildman–Crippen MR) is 99.6 cm³/mol. The molecular weight excluding hydrogens is 312 g/mol. The van der Waals surface area contributed by atoms with Gasteiger partial charge < -0.3 is 10.6 Å². The number of hydrogen-bond acceptors (Lipinski definition) is 2. The second-order valence-electron chi connectivity index (χ2n) is 6.66. The minimum atomic E-state index is -0.146. The average Bonchev–Trinajstić information content (AvgIpc) is 3.44. The molecule has 2 N–H and O–H groups in total. The molecule has 130 valence electrons. The molecule has 2 amide bonds. The summed E-state index contributed by atoms with van der Waals surface area (Å²) in [6.45, 7) is 2.10. The van der Waals surface area contributed by atoms with Gasteiger partial charge in [-0.2, -0.15) is 0 Å². The van der Waals surface area contributed by atoms with Gasteiger partial charge in [0.05, 0.1) is 0 Å². The van der Waals surface area contributed by atoms with E-state index in [0.29, 0.717) is 23.7 Å². The molecule has 1 saturated carbocycles. The molecule has 1 fully saturated rings. The number of carbonyl (C=O) groups excluding carboxylic acids is 2. The Morgan fingerprint density at radius 3 is 2.52 bits per heavy atom. The van der Waals surface area contributed by atoms with Gasteiger partial charge in [-0.1, -0.05) is 36.4 Å². The Balaban J connectivity index is 1.56. The summed E-state index contributed by atoms with van der Waals surface area (Å²) in [6, 6.07) is 17.6. The van der Waals surface area contributed by atoms with E-state index >= 15 is 0 Å². The SMILES string of the molecule is CC(=O)Nc1cccc(C(=O)NCCC(c2ccccc2)C2CC2)c1. The molecule has 0 saturated heterocycles. The van der Waals surface area contributed by atoms with Gasteiger partial charge in [-0.25, -0.2) is 0 Å². The Hall–Kier alpha value is -2.62. The molecule has 4 nitrogen and oxygen atoms in total. The summed E-state index contributed by atoms with van der Waals surface area (Å²) in [5, 5.41) is 5.71. The van der Waals surface area contributed by atoms with Crippen LogP contribution in [0.4, 0.5) is 5.69 Å². The third-order valence-electron chi connectivity index (χ3n) is 4.60. The largest absolute Gasteiger partial charge is 0.352 e. The minimum absolute atomic E-state index is 0.102. The van der Waals surface area contributed by atoms with Gasteiger partial charge in [-0.3, -0.25) is 9.59 Å². The molecule has 4 heteroatoms. The van der Waals surface area contributed by atoms with Crippen LogP contribution in [-0.2, 0) is 4.79 Å². The number of amides is 2. The first-order chi connectivity index (χ1) is 12.1. The topological polar surface area (TPSA) is 58.2 Å². The molecule has 2 aromatic rings. The molecule has 1 aliphatic carbocycles. The lowest BCUT2D eigenvalue weighted by Crippen LogP contribution is -2.26. The van der Waals surface area contributed by atoms with E-state index in [-0.39, 0.29) is 11.8 Å². The number of anilines is 1. The third-order valence-corrected chi connectivity index (χ3v) is 4.60. The van der Waals surface area contributed by atoms with Crippen molar-refractivity contribution in [1.82, 2.24) is 5.32 Å². The van der Waals surface area contributed by atoms with E-state index in [0.717, 1.165) is 12.3 Å². The van der Waals surface area contributed by atoms with Crippen LogP contribution in [0.1, 0.15) is 48.0 Å². The molecule has 1 unspecified atom stereocenters. The third kappa shape index (κ3) is 4.92. The first kappa shape index (κ1) is 17.2.